The van der Waals surface area contributed by atoms with Crippen LogP contribution >= 0.6 is 23.4 Å². The van der Waals surface area contributed by atoms with Gasteiger partial charge in [0, 0.05) is 4.90 Å². The highest BCUT2D eigenvalue weighted by atomic mass is 35.5. The smallest absolute Gasteiger partial charge is 0.337 e. The van der Waals surface area contributed by atoms with Gasteiger partial charge in [-0.05, 0) is 36.6 Å². The topological polar surface area (TPSA) is 70.3 Å². The number of aromatic carboxylic acids is 1. The molecule has 0 aliphatic heterocycles. The van der Waals surface area contributed by atoms with Crippen molar-refractivity contribution in [2.24, 2.45) is 0 Å². The van der Waals surface area contributed by atoms with Crippen molar-refractivity contribution >= 4 is 29.3 Å². The van der Waals surface area contributed by atoms with E-state index in [0.29, 0.717) is 17.1 Å². The first kappa shape index (κ1) is 15.2. The Hall–Kier alpha value is -2.16. The Bertz CT molecular complexity index is 740. The second-order valence-electron chi connectivity index (χ2n) is 3.99. The number of nitriles is 1. The Balaban J connectivity index is 2.42. The van der Waals surface area contributed by atoms with Crippen LogP contribution in [-0.4, -0.2) is 17.3 Å². The first-order chi connectivity index (χ1) is 10.1. The van der Waals surface area contributed by atoms with Gasteiger partial charge >= 0.3 is 5.97 Å². The molecule has 21 heavy (non-hydrogen) atoms. The first-order valence-electron chi connectivity index (χ1n) is 5.84. The highest BCUT2D eigenvalue weighted by molar-refractivity contribution is 7.98. The van der Waals surface area contributed by atoms with Crippen molar-refractivity contribution < 1.29 is 14.6 Å². The molecule has 0 unspecified atom stereocenters. The molecule has 106 valence electrons. The van der Waals surface area contributed by atoms with E-state index < -0.39 is 5.97 Å². The van der Waals surface area contributed by atoms with Crippen LogP contribution in [0.5, 0.6) is 11.5 Å². The van der Waals surface area contributed by atoms with E-state index in [9.17, 15) is 10.1 Å². The Labute approximate surface area is 130 Å². The molecule has 0 spiro atoms. The van der Waals surface area contributed by atoms with Crippen molar-refractivity contribution in [2.45, 2.75) is 4.90 Å². The fraction of sp³-hybridized carbons (Fsp3) is 0.0667. The van der Waals surface area contributed by atoms with Crippen molar-refractivity contribution in [3.8, 4) is 17.6 Å². The lowest BCUT2D eigenvalue weighted by atomic mass is 10.2. The van der Waals surface area contributed by atoms with Crippen molar-refractivity contribution in [3.05, 3.63) is 52.5 Å². The summed E-state index contributed by atoms with van der Waals surface area (Å²) in [4.78, 5) is 11.8. The largest absolute Gasteiger partial charge is 0.478 e. The number of benzene rings is 2. The molecule has 4 nitrogen and oxygen atoms in total. The van der Waals surface area contributed by atoms with Gasteiger partial charge < -0.3 is 9.84 Å². The summed E-state index contributed by atoms with van der Waals surface area (Å²) in [7, 11) is 0. The average Bonchev–Trinajstić information content (AvgIpc) is 2.48. The summed E-state index contributed by atoms with van der Waals surface area (Å²) in [5.41, 5.74) is 0.366. The van der Waals surface area contributed by atoms with Crippen molar-refractivity contribution in [1.82, 2.24) is 0 Å². The van der Waals surface area contributed by atoms with Crippen LogP contribution in [0.15, 0.2) is 41.3 Å². The molecule has 0 amide bonds. The monoisotopic (exact) mass is 319 g/mol. The molecule has 0 aliphatic carbocycles. The summed E-state index contributed by atoms with van der Waals surface area (Å²) in [5.74, 6) is -0.446. The third kappa shape index (κ3) is 3.30. The summed E-state index contributed by atoms with van der Waals surface area (Å²) < 4.78 is 5.63. The molecule has 0 heterocycles. The van der Waals surface area contributed by atoms with Gasteiger partial charge in [-0.1, -0.05) is 17.7 Å². The minimum absolute atomic E-state index is 0.0475. The summed E-state index contributed by atoms with van der Waals surface area (Å²) in [6.45, 7) is 0. The summed E-state index contributed by atoms with van der Waals surface area (Å²) >= 11 is 7.25. The lowest BCUT2D eigenvalue weighted by molar-refractivity contribution is 0.0696. The van der Waals surface area contributed by atoms with Gasteiger partial charge in [0.05, 0.1) is 10.6 Å². The van der Waals surface area contributed by atoms with Gasteiger partial charge in [-0.2, -0.15) is 5.26 Å². The van der Waals surface area contributed by atoms with Crippen molar-refractivity contribution in [2.75, 3.05) is 6.26 Å². The highest BCUT2D eigenvalue weighted by Gasteiger charge is 2.13. The van der Waals surface area contributed by atoms with Gasteiger partial charge in [0.1, 0.15) is 23.1 Å². The van der Waals surface area contributed by atoms with E-state index in [-0.39, 0.29) is 10.6 Å². The lowest BCUT2D eigenvalue weighted by Crippen LogP contribution is -1.98. The molecular weight excluding hydrogens is 310 g/mol. The zero-order valence-corrected chi connectivity index (χ0v) is 12.5. The van der Waals surface area contributed by atoms with E-state index in [1.165, 1.54) is 23.9 Å². The normalized spacial score (nSPS) is 9.95. The molecule has 2 rings (SSSR count). The van der Waals surface area contributed by atoms with Gasteiger partial charge in [-0.25, -0.2) is 4.79 Å². The minimum Gasteiger partial charge on any atom is -0.478 e. The van der Waals surface area contributed by atoms with Gasteiger partial charge in [0.15, 0.2) is 0 Å². The number of thioether (sulfide) groups is 1. The van der Waals surface area contributed by atoms with Crippen molar-refractivity contribution in [3.63, 3.8) is 0 Å². The van der Waals surface area contributed by atoms with Gasteiger partial charge in [0.25, 0.3) is 0 Å². The number of hydrogen-bond donors (Lipinski definition) is 1. The van der Waals surface area contributed by atoms with Crippen LogP contribution in [0.3, 0.4) is 0 Å². The van der Waals surface area contributed by atoms with E-state index in [2.05, 4.69) is 6.07 Å². The molecule has 0 saturated heterocycles. The fourth-order valence-electron chi connectivity index (χ4n) is 1.74. The fourth-order valence-corrected chi connectivity index (χ4v) is 2.50. The molecule has 0 fully saturated rings. The van der Waals surface area contributed by atoms with Crippen LogP contribution in [0.4, 0.5) is 0 Å². The average molecular weight is 320 g/mol. The molecular formula is C15H10ClNO3S. The predicted octanol–water partition coefficient (Wildman–Crippen LogP) is 4.42. The zero-order valence-electron chi connectivity index (χ0n) is 11.0. The molecule has 2 aromatic rings. The third-order valence-corrected chi connectivity index (χ3v) is 3.83. The number of halogens is 1. The number of carbonyl (C=O) groups is 1. The maximum absolute atomic E-state index is 11.1. The van der Waals surface area contributed by atoms with Gasteiger partial charge in [-0.3, -0.25) is 0 Å². The van der Waals surface area contributed by atoms with E-state index in [1.54, 1.807) is 18.2 Å². The second kappa shape index (κ2) is 6.53. The number of hydrogen-bond acceptors (Lipinski definition) is 4. The molecule has 0 bridgehead atoms. The van der Waals surface area contributed by atoms with Gasteiger partial charge in [-0.15, -0.1) is 11.8 Å². The van der Waals surface area contributed by atoms with E-state index >= 15 is 0 Å². The lowest BCUT2D eigenvalue weighted by Gasteiger charge is -2.10. The Morgan fingerprint density at radius 3 is 2.76 bits per heavy atom. The summed E-state index contributed by atoms with van der Waals surface area (Å²) in [6.07, 6.45) is 1.87. The van der Waals surface area contributed by atoms with Crippen LogP contribution in [0.1, 0.15) is 15.9 Å². The van der Waals surface area contributed by atoms with E-state index in [4.69, 9.17) is 21.4 Å². The molecule has 0 radical (unpaired) electrons. The Morgan fingerprint density at radius 2 is 2.14 bits per heavy atom. The first-order valence-corrected chi connectivity index (χ1v) is 7.45. The summed E-state index contributed by atoms with van der Waals surface area (Å²) in [5, 5.41) is 18.4. The van der Waals surface area contributed by atoms with Crippen LogP contribution < -0.4 is 4.74 Å². The minimum atomic E-state index is -1.14. The number of carboxylic acid groups (broad SMARTS) is 1. The maximum atomic E-state index is 11.1. The highest BCUT2D eigenvalue weighted by Crippen LogP contribution is 2.32. The van der Waals surface area contributed by atoms with Gasteiger partial charge in [0.2, 0.25) is 0 Å². The molecule has 0 aliphatic rings. The number of rotatable bonds is 4. The molecule has 0 aromatic heterocycles. The standard InChI is InChI=1S/C15H10ClNO3S/c1-21-14-4-2-3-13(11(14)8-17)20-9-5-6-12(16)10(7-9)15(18)19/h2-7H,1H3,(H,18,19). The Morgan fingerprint density at radius 1 is 1.38 bits per heavy atom. The van der Waals surface area contributed by atoms with Crippen LogP contribution in [0.2, 0.25) is 5.02 Å². The molecule has 2 aromatic carbocycles. The Kier molecular flexibility index (Phi) is 4.73. The third-order valence-electron chi connectivity index (χ3n) is 2.72. The maximum Gasteiger partial charge on any atom is 0.337 e. The SMILES string of the molecule is CSc1cccc(Oc2ccc(Cl)c(C(=O)O)c2)c1C#N. The second-order valence-corrected chi connectivity index (χ2v) is 5.25. The number of carboxylic acids is 1. The molecule has 0 atom stereocenters. The molecule has 1 N–H and O–H groups in total. The van der Waals surface area contributed by atoms with Crippen LogP contribution in [0.25, 0.3) is 0 Å². The quantitative estimate of drug-likeness (QED) is 0.844. The van der Waals surface area contributed by atoms with Crippen LogP contribution in [0, 0.1) is 11.3 Å². The molecule has 0 saturated carbocycles. The zero-order chi connectivity index (χ0) is 15.4. The predicted molar refractivity (Wildman–Crippen MR) is 81.4 cm³/mol. The molecule has 6 heteroatoms. The van der Waals surface area contributed by atoms with E-state index in [0.717, 1.165) is 4.90 Å². The number of ether oxygens (including phenoxy) is 1. The summed E-state index contributed by atoms with van der Waals surface area (Å²) in [6, 6.07) is 11.7. The number of nitrogens with zero attached hydrogens (tertiary/aromatic N) is 1. The van der Waals surface area contributed by atoms with E-state index in [1.807, 2.05) is 12.3 Å². The van der Waals surface area contributed by atoms with Crippen molar-refractivity contribution in [1.29, 1.82) is 5.26 Å². The van der Waals surface area contributed by atoms with Crippen LogP contribution in [-0.2, 0) is 0 Å².